The molecule has 168 valence electrons. The number of halogens is 1. The van der Waals surface area contributed by atoms with E-state index in [1.54, 1.807) is 29.8 Å². The molecule has 0 amide bonds. The van der Waals surface area contributed by atoms with Crippen molar-refractivity contribution in [1.29, 1.82) is 0 Å². The van der Waals surface area contributed by atoms with Crippen molar-refractivity contribution < 1.29 is 22.7 Å². The van der Waals surface area contributed by atoms with Gasteiger partial charge in [-0.05, 0) is 44.4 Å². The molecule has 0 aromatic carbocycles. The van der Waals surface area contributed by atoms with Gasteiger partial charge >= 0.3 is 5.97 Å². The molecule has 0 unspecified atom stereocenters. The highest BCUT2D eigenvalue weighted by molar-refractivity contribution is 7.91. The minimum absolute atomic E-state index is 0.0101. The SMILES string of the molecule is Cc1nn([C@H]2CCS(=O)(=O)C2)c2nc(C3CC3)cc(C(=O)OCC(=O)c3ccc(Cl)s3)c12. The van der Waals surface area contributed by atoms with E-state index in [0.29, 0.717) is 37.9 Å². The Morgan fingerprint density at radius 3 is 2.69 bits per heavy atom. The molecule has 11 heteroatoms. The summed E-state index contributed by atoms with van der Waals surface area (Å²) in [5, 5.41) is 5.09. The van der Waals surface area contributed by atoms with Crippen LogP contribution in [0.5, 0.6) is 0 Å². The van der Waals surface area contributed by atoms with Crippen molar-refractivity contribution in [3.63, 3.8) is 0 Å². The normalized spacial score (nSPS) is 20.0. The zero-order chi connectivity index (χ0) is 22.6. The number of esters is 1. The van der Waals surface area contributed by atoms with Gasteiger partial charge in [-0.15, -0.1) is 11.3 Å². The molecule has 0 bridgehead atoms. The molecule has 1 saturated heterocycles. The second-order valence-corrected chi connectivity index (χ2v) is 12.2. The molecule has 5 rings (SSSR count). The Morgan fingerprint density at radius 2 is 2.06 bits per heavy atom. The molecular weight excluding hydrogens is 474 g/mol. The molecule has 1 atom stereocenters. The largest absolute Gasteiger partial charge is 0.454 e. The zero-order valence-electron chi connectivity index (χ0n) is 17.2. The fourth-order valence-corrected chi connectivity index (χ4v) is 6.71. The van der Waals surface area contributed by atoms with Crippen LogP contribution in [0.15, 0.2) is 18.2 Å². The van der Waals surface area contributed by atoms with E-state index in [1.165, 1.54) is 0 Å². The second-order valence-electron chi connectivity index (χ2n) is 8.26. The van der Waals surface area contributed by atoms with E-state index in [0.717, 1.165) is 29.9 Å². The van der Waals surface area contributed by atoms with Crippen LogP contribution in [0, 0.1) is 6.92 Å². The number of nitrogens with zero attached hydrogens (tertiary/aromatic N) is 3. The molecule has 0 N–H and O–H groups in total. The summed E-state index contributed by atoms with van der Waals surface area (Å²) >= 11 is 7.01. The fraction of sp³-hybridized carbons (Fsp3) is 0.429. The van der Waals surface area contributed by atoms with Crippen LogP contribution in [0.2, 0.25) is 4.34 Å². The summed E-state index contributed by atoms with van der Waals surface area (Å²) in [4.78, 5) is 30.5. The predicted octanol–water partition coefficient (Wildman–Crippen LogP) is 3.73. The van der Waals surface area contributed by atoms with E-state index in [4.69, 9.17) is 21.3 Å². The highest BCUT2D eigenvalue weighted by atomic mass is 35.5. The van der Waals surface area contributed by atoms with Crippen molar-refractivity contribution in [3.05, 3.63) is 44.4 Å². The number of Topliss-reactive ketones (excluding diaryl/α,β-unsaturated/α-hetero) is 1. The van der Waals surface area contributed by atoms with Gasteiger partial charge in [-0.25, -0.2) is 22.9 Å². The Balaban J connectivity index is 1.49. The number of fused-ring (bicyclic) bond motifs is 1. The van der Waals surface area contributed by atoms with Gasteiger partial charge in [0.2, 0.25) is 5.78 Å². The third kappa shape index (κ3) is 4.06. The highest BCUT2D eigenvalue weighted by Crippen LogP contribution is 2.41. The Labute approximate surface area is 193 Å². The van der Waals surface area contributed by atoms with Crippen LogP contribution in [-0.4, -0.2) is 53.0 Å². The Kier molecular flexibility index (Phi) is 5.34. The summed E-state index contributed by atoms with van der Waals surface area (Å²) in [6.07, 6.45) is 2.43. The third-order valence-corrected chi connectivity index (χ3v) is 8.83. The van der Waals surface area contributed by atoms with Gasteiger partial charge in [0, 0.05) is 11.6 Å². The molecule has 3 aromatic heterocycles. The molecule has 3 aromatic rings. The zero-order valence-corrected chi connectivity index (χ0v) is 19.6. The summed E-state index contributed by atoms with van der Waals surface area (Å²) in [5.41, 5.74) is 2.14. The summed E-state index contributed by atoms with van der Waals surface area (Å²) in [7, 11) is -3.11. The van der Waals surface area contributed by atoms with Gasteiger partial charge in [-0.1, -0.05) is 11.6 Å². The average Bonchev–Trinajstić information content (AvgIpc) is 3.29. The van der Waals surface area contributed by atoms with Crippen molar-refractivity contribution in [2.75, 3.05) is 18.1 Å². The van der Waals surface area contributed by atoms with Gasteiger partial charge in [0.1, 0.15) is 0 Å². The summed E-state index contributed by atoms with van der Waals surface area (Å²) in [6, 6.07) is 4.63. The fourth-order valence-electron chi connectivity index (χ4n) is 4.05. The molecule has 0 radical (unpaired) electrons. The summed E-state index contributed by atoms with van der Waals surface area (Å²) in [6.45, 7) is 1.36. The van der Waals surface area contributed by atoms with Crippen molar-refractivity contribution in [1.82, 2.24) is 14.8 Å². The number of thiophene rings is 1. The van der Waals surface area contributed by atoms with E-state index < -0.39 is 22.4 Å². The van der Waals surface area contributed by atoms with Crippen LogP contribution in [0.25, 0.3) is 11.0 Å². The van der Waals surface area contributed by atoms with Gasteiger partial charge in [-0.2, -0.15) is 5.10 Å². The first-order valence-electron chi connectivity index (χ1n) is 10.3. The lowest BCUT2D eigenvalue weighted by Gasteiger charge is -2.11. The number of carbonyl (C=O) groups is 2. The molecule has 1 saturated carbocycles. The van der Waals surface area contributed by atoms with Crippen molar-refractivity contribution in [2.24, 2.45) is 0 Å². The van der Waals surface area contributed by atoms with Crippen LogP contribution >= 0.6 is 22.9 Å². The van der Waals surface area contributed by atoms with Crippen LogP contribution in [0.3, 0.4) is 0 Å². The quantitative estimate of drug-likeness (QED) is 0.380. The van der Waals surface area contributed by atoms with E-state index >= 15 is 0 Å². The maximum atomic E-state index is 13.0. The molecule has 32 heavy (non-hydrogen) atoms. The van der Waals surface area contributed by atoms with E-state index in [-0.39, 0.29) is 29.2 Å². The number of hydrogen-bond donors (Lipinski definition) is 0. The van der Waals surface area contributed by atoms with Crippen molar-refractivity contribution >= 4 is 55.6 Å². The first-order chi connectivity index (χ1) is 15.2. The van der Waals surface area contributed by atoms with E-state index in [2.05, 4.69) is 5.10 Å². The Morgan fingerprint density at radius 1 is 1.28 bits per heavy atom. The first-order valence-corrected chi connectivity index (χ1v) is 13.3. The maximum absolute atomic E-state index is 13.0. The Hall–Kier alpha value is -2.30. The number of sulfone groups is 1. The minimum Gasteiger partial charge on any atom is -0.454 e. The lowest BCUT2D eigenvalue weighted by molar-refractivity contribution is 0.0477. The van der Waals surface area contributed by atoms with Gasteiger partial charge in [-0.3, -0.25) is 4.79 Å². The van der Waals surface area contributed by atoms with Crippen molar-refractivity contribution in [3.8, 4) is 0 Å². The first kappa shape index (κ1) is 21.5. The smallest absolute Gasteiger partial charge is 0.339 e. The lowest BCUT2D eigenvalue weighted by Crippen LogP contribution is -2.15. The molecule has 2 aliphatic rings. The number of pyridine rings is 1. The molecule has 0 spiro atoms. The number of aromatic nitrogens is 3. The maximum Gasteiger partial charge on any atom is 0.339 e. The monoisotopic (exact) mass is 493 g/mol. The second kappa shape index (κ2) is 7.93. The number of carbonyl (C=O) groups excluding carboxylic acids is 2. The van der Waals surface area contributed by atoms with Gasteiger partial charge in [0.25, 0.3) is 0 Å². The van der Waals surface area contributed by atoms with Crippen molar-refractivity contribution in [2.45, 2.75) is 38.1 Å². The number of hydrogen-bond acceptors (Lipinski definition) is 8. The minimum atomic E-state index is -3.11. The number of ether oxygens (including phenoxy) is 1. The number of rotatable bonds is 6. The number of ketones is 1. The van der Waals surface area contributed by atoms with Crippen LogP contribution in [0.4, 0.5) is 0 Å². The molecule has 8 nitrogen and oxygen atoms in total. The van der Waals surface area contributed by atoms with Crippen LogP contribution in [0.1, 0.15) is 62.6 Å². The average molecular weight is 494 g/mol. The molecular formula is C21H20ClN3O5S2. The molecule has 2 fully saturated rings. The Bertz CT molecular complexity index is 1360. The summed E-state index contributed by atoms with van der Waals surface area (Å²) in [5.74, 6) is -0.569. The predicted molar refractivity (Wildman–Crippen MR) is 120 cm³/mol. The number of aryl methyl sites for hydroxylation is 1. The van der Waals surface area contributed by atoms with Crippen LogP contribution < -0.4 is 0 Å². The van der Waals surface area contributed by atoms with E-state index in [9.17, 15) is 18.0 Å². The topological polar surface area (TPSA) is 108 Å². The lowest BCUT2D eigenvalue weighted by atomic mass is 10.1. The molecule has 4 heterocycles. The van der Waals surface area contributed by atoms with Gasteiger partial charge in [0.15, 0.2) is 22.1 Å². The van der Waals surface area contributed by atoms with Gasteiger partial charge < -0.3 is 4.74 Å². The highest BCUT2D eigenvalue weighted by Gasteiger charge is 2.34. The molecule has 1 aliphatic carbocycles. The molecule has 1 aliphatic heterocycles. The summed E-state index contributed by atoms with van der Waals surface area (Å²) < 4.78 is 31.5. The van der Waals surface area contributed by atoms with E-state index in [1.807, 2.05) is 0 Å². The standard InChI is InChI=1S/C21H20ClN3O5S2/c1-11-19-14(21(27)30-9-16(26)17-4-5-18(22)31-17)8-15(12-2-3-12)23-20(19)25(24-11)13-6-7-32(28,29)10-13/h4-5,8,12-13H,2-3,6-7,9-10H2,1H3/t13-/m0/s1. The van der Waals surface area contributed by atoms with Gasteiger partial charge in [0.05, 0.1) is 43.4 Å². The third-order valence-electron chi connectivity index (χ3n) is 5.81. The van der Waals surface area contributed by atoms with Crippen LogP contribution in [-0.2, 0) is 14.6 Å².